The Morgan fingerprint density at radius 3 is 2.30 bits per heavy atom. The summed E-state index contributed by atoms with van der Waals surface area (Å²) in [6.07, 6.45) is 0. The van der Waals surface area contributed by atoms with E-state index in [4.69, 9.17) is 34.8 Å². The van der Waals surface area contributed by atoms with Gasteiger partial charge in [-0.15, -0.1) is 0 Å². The molecule has 0 atom stereocenters. The molecule has 4 aromatic rings. The lowest BCUT2D eigenvalue weighted by Gasteiger charge is -2.15. The Morgan fingerprint density at radius 2 is 1.57 bits per heavy atom. The van der Waals surface area contributed by atoms with Crippen LogP contribution in [0.1, 0.15) is 11.1 Å². The number of benzene rings is 3. The zero-order chi connectivity index (χ0) is 26.7. The van der Waals surface area contributed by atoms with E-state index in [1.807, 2.05) is 6.92 Å². The Bertz CT molecular complexity index is 1650. The molecule has 37 heavy (non-hydrogen) atoms. The van der Waals surface area contributed by atoms with Crippen molar-refractivity contribution in [2.75, 3.05) is 5.32 Å². The highest BCUT2D eigenvalue weighted by Crippen LogP contribution is 2.23. The highest BCUT2D eigenvalue weighted by Gasteiger charge is 2.18. The largest absolute Gasteiger partial charge is 0.350 e. The zero-order valence-electron chi connectivity index (χ0n) is 19.6. The molecule has 1 heterocycles. The number of nitrogens with zero attached hydrogens (tertiary/aromatic N) is 2. The second-order valence-corrected chi connectivity index (χ2v) is 9.57. The van der Waals surface area contributed by atoms with Gasteiger partial charge in [0, 0.05) is 16.6 Å². The van der Waals surface area contributed by atoms with Crippen LogP contribution in [-0.2, 0) is 29.2 Å². The fraction of sp³-hybridized carbons (Fsp3) is 0.154. The molecule has 0 bridgehead atoms. The minimum atomic E-state index is -0.798. The molecule has 0 aliphatic rings. The maximum Gasteiger partial charge on any atom is 0.332 e. The first-order valence-electron chi connectivity index (χ1n) is 11.1. The monoisotopic (exact) mass is 558 g/mol. The highest BCUT2D eigenvalue weighted by atomic mass is 35.5. The molecule has 0 saturated heterocycles. The number of aryl methyl sites for hydroxylation is 1. The Balaban J connectivity index is 1.60. The van der Waals surface area contributed by atoms with E-state index >= 15 is 0 Å². The van der Waals surface area contributed by atoms with Crippen molar-refractivity contribution in [2.45, 2.75) is 26.6 Å². The van der Waals surface area contributed by atoms with Crippen LogP contribution in [0.25, 0.3) is 10.9 Å². The van der Waals surface area contributed by atoms with Crippen molar-refractivity contribution < 1.29 is 9.59 Å². The Hall–Kier alpha value is -3.59. The molecule has 0 fully saturated rings. The van der Waals surface area contributed by atoms with Crippen LogP contribution in [-0.4, -0.2) is 20.9 Å². The van der Waals surface area contributed by atoms with Gasteiger partial charge in [0.1, 0.15) is 13.1 Å². The van der Waals surface area contributed by atoms with Crippen molar-refractivity contribution in [3.05, 3.63) is 108 Å². The quantitative estimate of drug-likeness (QED) is 0.351. The predicted octanol–water partition coefficient (Wildman–Crippen LogP) is 4.39. The van der Waals surface area contributed by atoms with Crippen LogP contribution in [0.15, 0.2) is 70.3 Å². The number of amides is 2. The number of halogens is 3. The third-order valence-corrected chi connectivity index (χ3v) is 6.53. The van der Waals surface area contributed by atoms with Crippen molar-refractivity contribution in [2.24, 2.45) is 0 Å². The Labute approximate surface area is 226 Å². The third-order valence-electron chi connectivity index (χ3n) is 5.63. The number of aromatic nitrogens is 2. The van der Waals surface area contributed by atoms with Gasteiger partial charge >= 0.3 is 5.69 Å². The number of nitrogens with one attached hydrogen (secondary N) is 2. The summed E-state index contributed by atoms with van der Waals surface area (Å²) in [7, 11) is 0. The van der Waals surface area contributed by atoms with Crippen LogP contribution in [0, 0.1) is 6.92 Å². The van der Waals surface area contributed by atoms with Crippen LogP contribution in [0.4, 0.5) is 5.69 Å². The van der Waals surface area contributed by atoms with Gasteiger partial charge in [0.2, 0.25) is 11.8 Å². The first-order valence-corrected chi connectivity index (χ1v) is 12.3. The van der Waals surface area contributed by atoms with E-state index in [1.165, 1.54) is 6.07 Å². The molecule has 2 amide bonds. The molecule has 190 valence electrons. The van der Waals surface area contributed by atoms with Gasteiger partial charge in [-0.2, -0.15) is 0 Å². The zero-order valence-corrected chi connectivity index (χ0v) is 21.8. The van der Waals surface area contributed by atoms with Gasteiger partial charge in [0.15, 0.2) is 0 Å². The van der Waals surface area contributed by atoms with Crippen LogP contribution >= 0.6 is 34.8 Å². The third kappa shape index (κ3) is 6.05. The standard InChI is InChI=1S/C26H21Cl3N4O4/c1-15-6-9-21(20(29)10-15)31-24(35)14-32-22-5-3-2-4-18(22)25(36)33(26(32)37)13-23(34)30-12-16-7-8-17(27)11-19(16)28/h2-11H,12-14H2,1H3,(H,30,34)(H,31,35). The van der Waals surface area contributed by atoms with E-state index in [9.17, 15) is 19.2 Å². The molecular weight excluding hydrogens is 539 g/mol. The molecule has 2 N–H and O–H groups in total. The minimum Gasteiger partial charge on any atom is -0.350 e. The van der Waals surface area contributed by atoms with Crippen molar-refractivity contribution in [3.8, 4) is 0 Å². The van der Waals surface area contributed by atoms with E-state index in [1.54, 1.807) is 54.6 Å². The van der Waals surface area contributed by atoms with Crippen LogP contribution in [0.3, 0.4) is 0 Å². The van der Waals surface area contributed by atoms with Gasteiger partial charge in [-0.05, 0) is 54.4 Å². The molecule has 0 saturated carbocycles. The average Bonchev–Trinajstić information content (AvgIpc) is 2.85. The van der Waals surface area contributed by atoms with Gasteiger partial charge in [0.05, 0.1) is 21.6 Å². The number of carbonyl (C=O) groups excluding carboxylic acids is 2. The molecule has 0 aliphatic carbocycles. The van der Waals surface area contributed by atoms with E-state index in [0.29, 0.717) is 26.3 Å². The Morgan fingerprint density at radius 1 is 0.838 bits per heavy atom. The summed E-state index contributed by atoms with van der Waals surface area (Å²) in [6, 6.07) is 16.4. The van der Waals surface area contributed by atoms with E-state index < -0.39 is 36.2 Å². The number of anilines is 1. The van der Waals surface area contributed by atoms with Crippen molar-refractivity contribution >= 4 is 63.2 Å². The molecule has 0 unspecified atom stereocenters. The smallest absolute Gasteiger partial charge is 0.332 e. The molecule has 0 radical (unpaired) electrons. The molecule has 3 aromatic carbocycles. The highest BCUT2D eigenvalue weighted by molar-refractivity contribution is 6.35. The van der Waals surface area contributed by atoms with E-state index in [2.05, 4.69) is 10.6 Å². The van der Waals surface area contributed by atoms with Gasteiger partial charge in [-0.25, -0.2) is 4.79 Å². The van der Waals surface area contributed by atoms with Gasteiger partial charge in [-0.1, -0.05) is 59.1 Å². The second-order valence-electron chi connectivity index (χ2n) is 8.32. The van der Waals surface area contributed by atoms with E-state index in [0.717, 1.165) is 14.7 Å². The molecule has 11 heteroatoms. The number of carbonyl (C=O) groups is 2. The molecule has 8 nitrogen and oxygen atoms in total. The predicted molar refractivity (Wildman–Crippen MR) is 146 cm³/mol. The lowest BCUT2D eigenvalue weighted by Crippen LogP contribution is -2.44. The number of rotatable bonds is 7. The maximum absolute atomic E-state index is 13.3. The van der Waals surface area contributed by atoms with Gasteiger partial charge < -0.3 is 10.6 Å². The van der Waals surface area contributed by atoms with Crippen LogP contribution < -0.4 is 21.9 Å². The second kappa shape index (κ2) is 11.2. The summed E-state index contributed by atoms with van der Waals surface area (Å²) in [6.45, 7) is 1.00. The van der Waals surface area contributed by atoms with Gasteiger partial charge in [-0.3, -0.25) is 23.5 Å². The molecule has 1 aromatic heterocycles. The number of fused-ring (bicyclic) bond motifs is 1. The summed E-state index contributed by atoms with van der Waals surface area (Å²) < 4.78 is 1.95. The van der Waals surface area contributed by atoms with Crippen LogP contribution in [0.2, 0.25) is 15.1 Å². The van der Waals surface area contributed by atoms with Crippen molar-refractivity contribution in [3.63, 3.8) is 0 Å². The molecule has 0 aliphatic heterocycles. The molecule has 0 spiro atoms. The SMILES string of the molecule is Cc1ccc(NC(=O)Cn2c(=O)n(CC(=O)NCc3ccc(Cl)cc3Cl)c(=O)c3ccccc32)c(Cl)c1. The fourth-order valence-electron chi connectivity index (χ4n) is 3.78. The minimum absolute atomic E-state index is 0.0745. The maximum atomic E-state index is 13.3. The summed E-state index contributed by atoms with van der Waals surface area (Å²) in [5, 5.41) is 6.70. The normalized spacial score (nSPS) is 10.9. The van der Waals surface area contributed by atoms with Gasteiger partial charge in [0.25, 0.3) is 5.56 Å². The molecule has 4 rings (SSSR count). The average molecular weight is 560 g/mol. The van der Waals surface area contributed by atoms with Crippen molar-refractivity contribution in [1.29, 1.82) is 0 Å². The van der Waals surface area contributed by atoms with E-state index in [-0.39, 0.29) is 17.4 Å². The van der Waals surface area contributed by atoms with Crippen LogP contribution in [0.5, 0.6) is 0 Å². The summed E-state index contributed by atoms with van der Waals surface area (Å²) >= 11 is 18.3. The first kappa shape index (κ1) is 26.5. The molecular formula is C26H21Cl3N4O4. The fourth-order valence-corrected chi connectivity index (χ4v) is 4.53. The number of para-hydroxylation sites is 1. The lowest BCUT2D eigenvalue weighted by atomic mass is 10.2. The summed E-state index contributed by atoms with van der Waals surface area (Å²) in [5.41, 5.74) is 0.769. The lowest BCUT2D eigenvalue weighted by molar-refractivity contribution is -0.122. The Kier molecular flexibility index (Phi) is 8.02. The number of hydrogen-bond donors (Lipinski definition) is 2. The summed E-state index contributed by atoms with van der Waals surface area (Å²) in [5.74, 6) is -1.10. The topological polar surface area (TPSA) is 102 Å². The first-order chi connectivity index (χ1) is 17.6. The van der Waals surface area contributed by atoms with Crippen molar-refractivity contribution in [1.82, 2.24) is 14.5 Å². The number of hydrogen-bond acceptors (Lipinski definition) is 4. The summed E-state index contributed by atoms with van der Waals surface area (Å²) in [4.78, 5) is 51.9.